The third kappa shape index (κ3) is 19.6. The smallest absolute Gasteiger partial charge is 0.304 e. The first kappa shape index (κ1) is 24.4. The van der Waals surface area contributed by atoms with Crippen molar-refractivity contribution in [2.75, 3.05) is 7.11 Å². The summed E-state index contributed by atoms with van der Waals surface area (Å²) in [6.07, 6.45) is 12.7. The molecule has 1 atom stereocenters. The molecule has 0 heterocycles. The Morgan fingerprint density at radius 3 is 2.52 bits per heavy atom. The minimum Gasteiger partial charge on any atom is -0.481 e. The van der Waals surface area contributed by atoms with Crippen LogP contribution in [0.4, 0.5) is 0 Å². The first-order valence-electron chi connectivity index (χ1n) is 9.57. The molecule has 1 unspecified atom stereocenters. The normalized spacial score (nSPS) is 10.3. The van der Waals surface area contributed by atoms with Crippen molar-refractivity contribution in [3.8, 4) is 47.4 Å². The van der Waals surface area contributed by atoms with Gasteiger partial charge in [-0.25, -0.2) is 0 Å². The van der Waals surface area contributed by atoms with E-state index < -0.39 is 5.97 Å². The second-order valence-corrected chi connectivity index (χ2v) is 5.90. The Hall–Kier alpha value is -2.59. The van der Waals surface area contributed by atoms with Gasteiger partial charge in [0.1, 0.15) is 6.10 Å². The molecule has 27 heavy (non-hydrogen) atoms. The second-order valence-electron chi connectivity index (χ2n) is 5.90. The second kappa shape index (κ2) is 19.7. The van der Waals surface area contributed by atoms with Crippen LogP contribution in [0.5, 0.6) is 0 Å². The van der Waals surface area contributed by atoms with Crippen LogP contribution in [0.3, 0.4) is 0 Å². The van der Waals surface area contributed by atoms with Gasteiger partial charge in [-0.2, -0.15) is 0 Å². The van der Waals surface area contributed by atoms with E-state index in [2.05, 4.69) is 54.3 Å². The van der Waals surface area contributed by atoms with Gasteiger partial charge in [0.05, 0.1) is 6.42 Å². The summed E-state index contributed by atoms with van der Waals surface area (Å²) in [6, 6.07) is 0. The van der Waals surface area contributed by atoms with Crippen LogP contribution in [-0.4, -0.2) is 24.3 Å². The van der Waals surface area contributed by atoms with E-state index in [4.69, 9.17) is 9.84 Å². The fraction of sp³-hybridized carbons (Fsp3) is 0.542. The lowest BCUT2D eigenvalue weighted by Gasteiger charge is -2.07. The van der Waals surface area contributed by atoms with Gasteiger partial charge < -0.3 is 9.84 Å². The minimum absolute atomic E-state index is 0.0206. The number of hydrogen-bond acceptors (Lipinski definition) is 2. The average molecular weight is 367 g/mol. The number of carboxylic acids is 1. The fourth-order valence-electron chi connectivity index (χ4n) is 2.04. The van der Waals surface area contributed by atoms with E-state index in [0.717, 1.165) is 44.9 Å². The number of methoxy groups -OCH3 is 1. The minimum atomic E-state index is -0.834. The molecular formula is C24H30O3. The lowest BCUT2D eigenvalue weighted by Crippen LogP contribution is -2.06. The molecule has 1 N–H and O–H groups in total. The number of hydrogen-bond donors (Lipinski definition) is 1. The summed E-state index contributed by atoms with van der Waals surface area (Å²) < 4.78 is 5.37. The molecule has 0 bridgehead atoms. The summed E-state index contributed by atoms with van der Waals surface area (Å²) in [5.74, 6) is 21.9. The highest BCUT2D eigenvalue weighted by Gasteiger charge is 2.01. The monoisotopic (exact) mass is 366 g/mol. The van der Waals surface area contributed by atoms with Crippen molar-refractivity contribution in [2.24, 2.45) is 0 Å². The third-order valence-electron chi connectivity index (χ3n) is 3.52. The van der Waals surface area contributed by atoms with Crippen molar-refractivity contribution in [1.82, 2.24) is 0 Å². The van der Waals surface area contributed by atoms with Crippen molar-refractivity contribution < 1.29 is 14.6 Å². The van der Waals surface area contributed by atoms with Crippen LogP contribution in [0.25, 0.3) is 0 Å². The molecule has 0 fully saturated rings. The van der Waals surface area contributed by atoms with Gasteiger partial charge in [-0.05, 0) is 61.9 Å². The molecular weight excluding hydrogens is 336 g/mol. The molecule has 0 saturated carbocycles. The maximum absolute atomic E-state index is 10.3. The summed E-state index contributed by atoms with van der Waals surface area (Å²) in [4.78, 5) is 10.3. The number of carboxylic acid groups (broad SMARTS) is 1. The predicted molar refractivity (Wildman–Crippen MR) is 111 cm³/mol. The first-order valence-corrected chi connectivity index (χ1v) is 9.57. The van der Waals surface area contributed by atoms with E-state index in [0.29, 0.717) is 6.42 Å². The first-order chi connectivity index (χ1) is 13.2. The zero-order chi connectivity index (χ0) is 20.0. The highest BCUT2D eigenvalue weighted by atomic mass is 16.5. The van der Waals surface area contributed by atoms with Gasteiger partial charge in [0, 0.05) is 20.0 Å². The molecule has 0 aliphatic carbocycles. The third-order valence-corrected chi connectivity index (χ3v) is 3.52. The van der Waals surface area contributed by atoms with Gasteiger partial charge in [0.25, 0.3) is 0 Å². The van der Waals surface area contributed by atoms with Crippen LogP contribution in [0.1, 0.15) is 71.1 Å². The van der Waals surface area contributed by atoms with Gasteiger partial charge in [-0.15, -0.1) is 0 Å². The van der Waals surface area contributed by atoms with E-state index in [-0.39, 0.29) is 12.5 Å². The molecule has 0 amide bonds. The Bertz CT molecular complexity index is 672. The molecule has 0 aliphatic heterocycles. The van der Waals surface area contributed by atoms with Gasteiger partial charge in [-0.3, -0.25) is 4.79 Å². The van der Waals surface area contributed by atoms with Crippen LogP contribution in [0.2, 0.25) is 0 Å². The summed E-state index contributed by atoms with van der Waals surface area (Å²) in [6.45, 7) is 2.10. The van der Waals surface area contributed by atoms with Gasteiger partial charge in [0.15, 0.2) is 0 Å². The molecule has 0 rings (SSSR count). The predicted octanol–water partition coefficient (Wildman–Crippen LogP) is 4.58. The summed E-state index contributed by atoms with van der Waals surface area (Å²) in [5, 5.41) is 8.46. The summed E-state index contributed by atoms with van der Waals surface area (Å²) in [5.41, 5.74) is 0. The maximum Gasteiger partial charge on any atom is 0.304 e. The van der Waals surface area contributed by atoms with E-state index in [1.807, 2.05) is 12.2 Å². The van der Waals surface area contributed by atoms with Crippen LogP contribution >= 0.6 is 0 Å². The van der Waals surface area contributed by atoms with E-state index in [1.165, 1.54) is 6.42 Å². The van der Waals surface area contributed by atoms with Crippen LogP contribution in [0.15, 0.2) is 12.2 Å². The van der Waals surface area contributed by atoms with Crippen molar-refractivity contribution in [2.45, 2.75) is 77.2 Å². The number of aliphatic carboxylic acids is 1. The number of rotatable bonds is 11. The number of carbonyl (C=O) groups is 1. The lowest BCUT2D eigenvalue weighted by atomic mass is 10.1. The quantitative estimate of drug-likeness (QED) is 0.430. The average Bonchev–Trinajstić information content (AvgIpc) is 2.66. The zero-order valence-electron chi connectivity index (χ0n) is 16.6. The highest BCUT2D eigenvalue weighted by molar-refractivity contribution is 5.67. The zero-order valence-corrected chi connectivity index (χ0v) is 16.6. The fourth-order valence-corrected chi connectivity index (χ4v) is 2.04. The van der Waals surface area contributed by atoms with E-state index in [9.17, 15) is 4.79 Å². The van der Waals surface area contributed by atoms with Gasteiger partial charge >= 0.3 is 5.97 Å². The Labute approximate surface area is 165 Å². The van der Waals surface area contributed by atoms with Gasteiger partial charge in [-0.1, -0.05) is 49.5 Å². The maximum atomic E-state index is 10.3. The lowest BCUT2D eigenvalue weighted by molar-refractivity contribution is -0.136. The largest absolute Gasteiger partial charge is 0.481 e. The Balaban J connectivity index is 3.74. The van der Waals surface area contributed by atoms with Crippen molar-refractivity contribution >= 4 is 5.97 Å². The molecule has 0 spiro atoms. The number of ether oxygens (including phenoxy) is 1. The molecule has 0 aromatic carbocycles. The molecule has 0 aromatic rings. The molecule has 0 aromatic heterocycles. The molecule has 3 nitrogen and oxygen atoms in total. The standard InChI is InChI=1S/C24H30O3/c1-3-4-5-14-17-20-23(27-2)21-18-15-12-10-8-6-7-9-11-13-16-19-22-24(25)26/h6-7,23H,3-4,8,10,12,15,18-19,21-22H2,1-2H3,(H,25,26). The van der Waals surface area contributed by atoms with Crippen molar-refractivity contribution in [1.29, 1.82) is 0 Å². The highest BCUT2D eigenvalue weighted by Crippen LogP contribution is 2.09. The van der Waals surface area contributed by atoms with Crippen molar-refractivity contribution in [3.05, 3.63) is 12.2 Å². The van der Waals surface area contributed by atoms with E-state index >= 15 is 0 Å². The topological polar surface area (TPSA) is 46.5 Å². The van der Waals surface area contributed by atoms with Gasteiger partial charge in [0.2, 0.25) is 0 Å². The van der Waals surface area contributed by atoms with Crippen LogP contribution in [-0.2, 0) is 9.53 Å². The summed E-state index contributed by atoms with van der Waals surface area (Å²) in [7, 11) is 1.70. The Morgan fingerprint density at radius 1 is 1.04 bits per heavy atom. The molecule has 0 radical (unpaired) electrons. The molecule has 3 heteroatoms. The Morgan fingerprint density at radius 2 is 1.78 bits per heavy atom. The van der Waals surface area contributed by atoms with Crippen molar-refractivity contribution in [3.63, 3.8) is 0 Å². The molecule has 0 aliphatic rings. The van der Waals surface area contributed by atoms with Crippen LogP contribution in [0, 0.1) is 47.4 Å². The molecule has 144 valence electrons. The molecule has 0 saturated heterocycles. The number of unbranched alkanes of at least 4 members (excludes halogenated alkanes) is 5. The SMILES string of the molecule is CCCC#CC#CC(CCCCCCC=CC#CC#CCCC(=O)O)OC. The number of allylic oxidation sites excluding steroid dienone is 2. The van der Waals surface area contributed by atoms with E-state index in [1.54, 1.807) is 7.11 Å². The van der Waals surface area contributed by atoms with Crippen LogP contribution < -0.4 is 0 Å². The summed E-state index contributed by atoms with van der Waals surface area (Å²) >= 11 is 0. The Kier molecular flexibility index (Phi) is 17.8.